The lowest BCUT2D eigenvalue weighted by Crippen LogP contribution is -2.17. The molecule has 0 heterocycles. The molecule has 16 heavy (non-hydrogen) atoms. The molecule has 0 saturated heterocycles. The van der Waals surface area contributed by atoms with Gasteiger partial charge in [0.25, 0.3) is 0 Å². The molecule has 0 aromatic heterocycles. The molecule has 0 bridgehead atoms. The van der Waals surface area contributed by atoms with Gasteiger partial charge in [0.05, 0.1) is 17.2 Å². The number of hydrogen-bond donors (Lipinski definition) is 1. The first kappa shape index (κ1) is 11.9. The molecule has 1 aliphatic carbocycles. The van der Waals surface area contributed by atoms with Crippen molar-refractivity contribution in [2.75, 3.05) is 7.11 Å². The van der Waals surface area contributed by atoms with E-state index in [1.54, 1.807) is 21.0 Å². The van der Waals surface area contributed by atoms with E-state index in [1.807, 2.05) is 0 Å². The minimum Gasteiger partial charge on any atom is -0.495 e. The monoisotopic (exact) mass is 284 g/mol. The van der Waals surface area contributed by atoms with E-state index < -0.39 is 5.60 Å². The number of rotatable bonds is 2. The first-order chi connectivity index (χ1) is 7.45. The smallest absolute Gasteiger partial charge is 0.139 e. The van der Waals surface area contributed by atoms with Crippen LogP contribution in [0, 0.1) is 0 Å². The summed E-state index contributed by atoms with van der Waals surface area (Å²) in [5.41, 5.74) is 2.67. The van der Waals surface area contributed by atoms with E-state index in [4.69, 9.17) is 4.74 Å². The Kier molecular flexibility index (Phi) is 3.01. The second-order valence-corrected chi connectivity index (χ2v) is 5.61. The van der Waals surface area contributed by atoms with E-state index in [-0.39, 0.29) is 0 Å². The highest BCUT2D eigenvalue weighted by molar-refractivity contribution is 9.10. The van der Waals surface area contributed by atoms with Gasteiger partial charge in [0.1, 0.15) is 5.75 Å². The summed E-state index contributed by atoms with van der Waals surface area (Å²) in [6.07, 6.45) is 3.38. The Bertz CT molecular complexity index is 419. The number of hydrogen-bond acceptors (Lipinski definition) is 2. The summed E-state index contributed by atoms with van der Waals surface area (Å²) in [5, 5.41) is 10.2. The number of fused-ring (bicyclic) bond motifs is 1. The highest BCUT2D eigenvalue weighted by atomic mass is 79.9. The van der Waals surface area contributed by atoms with Crippen LogP contribution in [0.2, 0.25) is 0 Å². The molecule has 1 aliphatic rings. The van der Waals surface area contributed by atoms with E-state index in [2.05, 4.69) is 22.0 Å². The van der Waals surface area contributed by atoms with Crippen molar-refractivity contribution in [1.29, 1.82) is 0 Å². The fourth-order valence-corrected chi connectivity index (χ4v) is 3.15. The maximum Gasteiger partial charge on any atom is 0.139 e. The largest absolute Gasteiger partial charge is 0.495 e. The standard InChI is InChI=1S/C13H17BrO2/c1-13(2,15)10-7-8-5-4-6-9(8)11(14)12(10)16-3/h7,15H,4-6H2,1-3H3. The number of methoxy groups -OCH3 is 1. The molecule has 1 aromatic rings. The van der Waals surface area contributed by atoms with Crippen molar-refractivity contribution in [3.63, 3.8) is 0 Å². The van der Waals surface area contributed by atoms with E-state index in [0.29, 0.717) is 0 Å². The zero-order chi connectivity index (χ0) is 11.9. The van der Waals surface area contributed by atoms with Crippen LogP contribution in [0.15, 0.2) is 10.5 Å². The fourth-order valence-electron chi connectivity index (χ4n) is 2.33. The van der Waals surface area contributed by atoms with Crippen LogP contribution in [-0.4, -0.2) is 12.2 Å². The first-order valence-corrected chi connectivity index (χ1v) is 6.35. The summed E-state index contributed by atoms with van der Waals surface area (Å²) in [5.74, 6) is 0.771. The van der Waals surface area contributed by atoms with Gasteiger partial charge in [-0.3, -0.25) is 0 Å². The van der Waals surface area contributed by atoms with Gasteiger partial charge in [0.2, 0.25) is 0 Å². The third-order valence-electron chi connectivity index (χ3n) is 3.15. The Hall–Kier alpha value is -0.540. The lowest BCUT2D eigenvalue weighted by atomic mass is 9.93. The molecule has 0 fully saturated rings. The number of aryl methyl sites for hydroxylation is 1. The molecule has 0 atom stereocenters. The van der Waals surface area contributed by atoms with E-state index in [9.17, 15) is 5.11 Å². The molecule has 1 N–H and O–H groups in total. The van der Waals surface area contributed by atoms with Crippen LogP contribution in [0.25, 0.3) is 0 Å². The minimum absolute atomic E-state index is 0.771. The van der Waals surface area contributed by atoms with Crippen molar-refractivity contribution in [3.05, 3.63) is 27.2 Å². The second kappa shape index (κ2) is 4.04. The molecule has 0 aliphatic heterocycles. The van der Waals surface area contributed by atoms with Crippen molar-refractivity contribution in [2.45, 2.75) is 38.7 Å². The van der Waals surface area contributed by atoms with Crippen LogP contribution in [-0.2, 0) is 18.4 Å². The van der Waals surface area contributed by atoms with Gasteiger partial charge in [-0.25, -0.2) is 0 Å². The van der Waals surface area contributed by atoms with E-state index >= 15 is 0 Å². The van der Waals surface area contributed by atoms with Crippen LogP contribution in [0.1, 0.15) is 37.0 Å². The molecule has 0 saturated carbocycles. The maximum atomic E-state index is 10.2. The Balaban J connectivity index is 2.66. The molecular weight excluding hydrogens is 268 g/mol. The van der Waals surface area contributed by atoms with Crippen molar-refractivity contribution in [3.8, 4) is 5.75 Å². The topological polar surface area (TPSA) is 29.5 Å². The Morgan fingerprint density at radius 3 is 2.62 bits per heavy atom. The maximum absolute atomic E-state index is 10.2. The average Bonchev–Trinajstić information content (AvgIpc) is 2.64. The normalized spacial score (nSPS) is 15.1. The van der Waals surface area contributed by atoms with E-state index in [0.717, 1.165) is 28.6 Å². The zero-order valence-corrected chi connectivity index (χ0v) is 11.5. The van der Waals surface area contributed by atoms with Crippen LogP contribution in [0.3, 0.4) is 0 Å². The molecule has 3 heteroatoms. The number of halogens is 1. The van der Waals surface area contributed by atoms with Crippen LogP contribution < -0.4 is 4.74 Å². The van der Waals surface area contributed by atoms with Gasteiger partial charge in [-0.05, 0) is 66.2 Å². The average molecular weight is 285 g/mol. The van der Waals surface area contributed by atoms with Gasteiger partial charge in [0.15, 0.2) is 0 Å². The molecule has 0 unspecified atom stereocenters. The minimum atomic E-state index is -0.870. The first-order valence-electron chi connectivity index (χ1n) is 5.56. The molecule has 0 radical (unpaired) electrons. The molecular formula is C13H17BrO2. The van der Waals surface area contributed by atoms with Crippen molar-refractivity contribution < 1.29 is 9.84 Å². The number of aliphatic hydroxyl groups is 1. The van der Waals surface area contributed by atoms with Crippen molar-refractivity contribution in [2.24, 2.45) is 0 Å². The lowest BCUT2D eigenvalue weighted by molar-refractivity contribution is 0.0754. The second-order valence-electron chi connectivity index (χ2n) is 4.82. The van der Waals surface area contributed by atoms with Gasteiger partial charge in [0, 0.05) is 5.56 Å². The molecule has 1 aromatic carbocycles. The zero-order valence-electron chi connectivity index (χ0n) is 9.93. The summed E-state index contributed by atoms with van der Waals surface area (Å²) in [6.45, 7) is 3.58. The van der Waals surface area contributed by atoms with Crippen LogP contribution >= 0.6 is 15.9 Å². The predicted molar refractivity (Wildman–Crippen MR) is 68.0 cm³/mol. The predicted octanol–water partition coefficient (Wildman–Crippen LogP) is 3.17. The van der Waals surface area contributed by atoms with Gasteiger partial charge >= 0.3 is 0 Å². The SMILES string of the molecule is COc1c(C(C)(C)O)cc2c(c1Br)CCC2. The molecule has 2 rings (SSSR count). The fraction of sp³-hybridized carbons (Fsp3) is 0.538. The molecule has 88 valence electrons. The third kappa shape index (κ3) is 1.87. The summed E-state index contributed by atoms with van der Waals surface area (Å²) >= 11 is 3.60. The number of benzene rings is 1. The third-order valence-corrected chi connectivity index (χ3v) is 3.99. The van der Waals surface area contributed by atoms with E-state index in [1.165, 1.54) is 17.5 Å². The van der Waals surface area contributed by atoms with Crippen molar-refractivity contribution >= 4 is 15.9 Å². The van der Waals surface area contributed by atoms with Crippen molar-refractivity contribution in [1.82, 2.24) is 0 Å². The highest BCUT2D eigenvalue weighted by Crippen LogP contribution is 2.42. The summed E-state index contributed by atoms with van der Waals surface area (Å²) in [6, 6.07) is 2.09. The highest BCUT2D eigenvalue weighted by Gasteiger charge is 2.27. The van der Waals surface area contributed by atoms with Gasteiger partial charge in [-0.1, -0.05) is 0 Å². The van der Waals surface area contributed by atoms with Crippen LogP contribution in [0.5, 0.6) is 5.75 Å². The summed E-state index contributed by atoms with van der Waals surface area (Å²) in [7, 11) is 1.65. The molecule has 0 spiro atoms. The number of ether oxygens (including phenoxy) is 1. The molecule has 2 nitrogen and oxygen atoms in total. The lowest BCUT2D eigenvalue weighted by Gasteiger charge is -2.23. The summed E-state index contributed by atoms with van der Waals surface area (Å²) < 4.78 is 6.44. The quantitative estimate of drug-likeness (QED) is 0.904. The van der Waals surface area contributed by atoms with Gasteiger partial charge in [-0.15, -0.1) is 0 Å². The van der Waals surface area contributed by atoms with Gasteiger partial charge in [-0.2, -0.15) is 0 Å². The van der Waals surface area contributed by atoms with Crippen LogP contribution in [0.4, 0.5) is 0 Å². The Morgan fingerprint density at radius 1 is 1.38 bits per heavy atom. The Labute approximate surface area is 105 Å². The molecule has 0 amide bonds. The Morgan fingerprint density at radius 2 is 2.06 bits per heavy atom. The summed E-state index contributed by atoms with van der Waals surface area (Å²) in [4.78, 5) is 0. The van der Waals surface area contributed by atoms with Gasteiger partial charge < -0.3 is 9.84 Å².